The third-order valence-corrected chi connectivity index (χ3v) is 7.25. The summed E-state index contributed by atoms with van der Waals surface area (Å²) in [5.74, 6) is 2.01. The minimum atomic E-state index is 0.623. The normalized spacial score (nSPS) is 19.8. The van der Waals surface area contributed by atoms with Gasteiger partial charge in [-0.2, -0.15) is 5.10 Å². The number of aromatic amines is 1. The van der Waals surface area contributed by atoms with E-state index in [-0.39, 0.29) is 0 Å². The van der Waals surface area contributed by atoms with Gasteiger partial charge >= 0.3 is 0 Å². The molecule has 2 saturated heterocycles. The summed E-state index contributed by atoms with van der Waals surface area (Å²) in [6, 6.07) is 7.95. The van der Waals surface area contributed by atoms with Crippen molar-refractivity contribution < 1.29 is 4.74 Å². The number of nitrogens with two attached hydrogens (primary N) is 1. The molecule has 6 rings (SSSR count). The lowest BCUT2D eigenvalue weighted by Crippen LogP contribution is -2.37. The number of hydrogen-bond donors (Lipinski definition) is 2. The van der Waals surface area contributed by atoms with Crippen molar-refractivity contribution >= 4 is 17.3 Å². The Kier molecular flexibility index (Phi) is 4.94. The first-order valence-electron chi connectivity index (χ1n) is 11.8. The zero-order valence-corrected chi connectivity index (χ0v) is 19.0. The summed E-state index contributed by atoms with van der Waals surface area (Å²) in [6.45, 7) is 7.05. The van der Waals surface area contributed by atoms with E-state index in [2.05, 4.69) is 31.0 Å². The van der Waals surface area contributed by atoms with E-state index < -0.39 is 0 Å². The number of H-pyrrole nitrogens is 1. The van der Waals surface area contributed by atoms with Crippen molar-refractivity contribution in [3.8, 4) is 22.9 Å². The van der Waals surface area contributed by atoms with Gasteiger partial charge in [0.1, 0.15) is 5.69 Å². The average Bonchev–Trinajstić information content (AvgIpc) is 3.40. The Morgan fingerprint density at radius 3 is 2.48 bits per heavy atom. The SMILES string of the molecule is Cc1cc(-c2nc(-c3ccc(N)cc3N3CCC4(CC3)CC4)n[nH]2)nc(N2CCOCC2)n1. The van der Waals surface area contributed by atoms with Crippen LogP contribution < -0.4 is 15.5 Å². The lowest BCUT2D eigenvalue weighted by atomic mass is 9.93. The predicted octanol–water partition coefficient (Wildman–Crippen LogP) is 3.04. The molecule has 2 aliphatic heterocycles. The Hall–Kier alpha value is -3.20. The number of aryl methyl sites for hydroxylation is 1. The number of ether oxygens (including phenoxy) is 1. The van der Waals surface area contributed by atoms with Crippen molar-refractivity contribution in [1.82, 2.24) is 25.1 Å². The van der Waals surface area contributed by atoms with Crippen LogP contribution >= 0.6 is 0 Å². The highest BCUT2D eigenvalue weighted by atomic mass is 16.5. The van der Waals surface area contributed by atoms with E-state index in [1.54, 1.807) is 0 Å². The van der Waals surface area contributed by atoms with Crippen molar-refractivity contribution in [2.45, 2.75) is 32.6 Å². The van der Waals surface area contributed by atoms with Crippen LogP contribution in [0.5, 0.6) is 0 Å². The Morgan fingerprint density at radius 1 is 0.939 bits per heavy atom. The maximum absolute atomic E-state index is 6.17. The van der Waals surface area contributed by atoms with Crippen LogP contribution in [0.4, 0.5) is 17.3 Å². The number of nitrogens with zero attached hydrogens (tertiary/aromatic N) is 6. The zero-order chi connectivity index (χ0) is 22.4. The largest absolute Gasteiger partial charge is 0.399 e. The van der Waals surface area contributed by atoms with Gasteiger partial charge < -0.3 is 20.3 Å². The van der Waals surface area contributed by atoms with E-state index in [4.69, 9.17) is 20.4 Å². The van der Waals surface area contributed by atoms with Crippen LogP contribution in [-0.2, 0) is 4.74 Å². The first kappa shape index (κ1) is 20.4. The summed E-state index contributed by atoms with van der Waals surface area (Å²) in [4.78, 5) is 18.8. The number of rotatable bonds is 4. The number of piperidine rings is 1. The first-order valence-corrected chi connectivity index (χ1v) is 11.8. The van der Waals surface area contributed by atoms with Crippen LogP contribution in [0.1, 0.15) is 31.4 Å². The van der Waals surface area contributed by atoms with Crippen LogP contribution in [0.15, 0.2) is 24.3 Å². The number of nitrogens with one attached hydrogen (secondary N) is 1. The number of morpholine rings is 1. The van der Waals surface area contributed by atoms with Crippen molar-refractivity contribution in [1.29, 1.82) is 0 Å². The number of benzene rings is 1. The molecule has 3 aliphatic rings. The minimum absolute atomic E-state index is 0.623. The molecule has 0 unspecified atom stereocenters. The Labute approximate surface area is 193 Å². The maximum atomic E-state index is 6.17. The van der Waals surface area contributed by atoms with Gasteiger partial charge in [-0.05, 0) is 62.3 Å². The highest BCUT2D eigenvalue weighted by Crippen LogP contribution is 2.54. The van der Waals surface area contributed by atoms with Gasteiger partial charge in [-0.1, -0.05) is 0 Å². The number of hydrogen-bond acceptors (Lipinski definition) is 8. The fourth-order valence-electron chi connectivity index (χ4n) is 4.97. The van der Waals surface area contributed by atoms with E-state index >= 15 is 0 Å². The van der Waals surface area contributed by atoms with Crippen LogP contribution in [0.2, 0.25) is 0 Å². The van der Waals surface area contributed by atoms with Gasteiger partial charge in [0.2, 0.25) is 5.95 Å². The number of aromatic nitrogens is 5. The topological polar surface area (TPSA) is 109 Å². The van der Waals surface area contributed by atoms with Gasteiger partial charge in [0.15, 0.2) is 11.6 Å². The van der Waals surface area contributed by atoms with Crippen molar-refractivity contribution in [2.75, 3.05) is 54.9 Å². The van der Waals surface area contributed by atoms with Crippen LogP contribution in [0, 0.1) is 12.3 Å². The maximum Gasteiger partial charge on any atom is 0.226 e. The van der Waals surface area contributed by atoms with Gasteiger partial charge in [0.05, 0.1) is 13.2 Å². The number of anilines is 3. The molecule has 2 aromatic heterocycles. The van der Waals surface area contributed by atoms with E-state index in [9.17, 15) is 0 Å². The molecule has 33 heavy (non-hydrogen) atoms. The lowest BCUT2D eigenvalue weighted by molar-refractivity contribution is 0.122. The molecule has 172 valence electrons. The van der Waals surface area contributed by atoms with Crippen LogP contribution in [0.25, 0.3) is 22.9 Å². The van der Waals surface area contributed by atoms with E-state index in [1.807, 2.05) is 25.1 Å². The van der Waals surface area contributed by atoms with Crippen molar-refractivity contribution in [2.24, 2.45) is 5.41 Å². The van der Waals surface area contributed by atoms with Gasteiger partial charge in [-0.15, -0.1) is 0 Å². The molecular weight excluding hydrogens is 416 g/mol. The fourth-order valence-corrected chi connectivity index (χ4v) is 4.97. The Morgan fingerprint density at radius 2 is 1.73 bits per heavy atom. The second-order valence-electron chi connectivity index (χ2n) is 9.57. The number of nitrogen functional groups attached to an aromatic ring is 1. The average molecular weight is 447 g/mol. The molecule has 1 spiro atoms. The monoisotopic (exact) mass is 446 g/mol. The zero-order valence-electron chi connectivity index (χ0n) is 19.0. The van der Waals surface area contributed by atoms with E-state index in [1.165, 1.54) is 25.7 Å². The third-order valence-electron chi connectivity index (χ3n) is 7.25. The molecule has 3 fully saturated rings. The van der Waals surface area contributed by atoms with Crippen LogP contribution in [0.3, 0.4) is 0 Å². The molecule has 0 bridgehead atoms. The summed E-state index contributed by atoms with van der Waals surface area (Å²) in [5, 5.41) is 7.66. The third kappa shape index (κ3) is 4.01. The second-order valence-corrected chi connectivity index (χ2v) is 9.57. The quantitative estimate of drug-likeness (QED) is 0.589. The highest BCUT2D eigenvalue weighted by Gasteiger charge is 2.44. The Balaban J connectivity index is 1.30. The van der Waals surface area contributed by atoms with E-state index in [0.29, 0.717) is 36.2 Å². The molecule has 3 aromatic rings. The summed E-state index contributed by atoms with van der Waals surface area (Å²) in [5.41, 5.74) is 11.3. The van der Waals surface area contributed by atoms with Gasteiger partial charge in [-0.25, -0.2) is 15.0 Å². The van der Waals surface area contributed by atoms with Gasteiger partial charge in [-0.3, -0.25) is 5.10 Å². The fraction of sp³-hybridized carbons (Fsp3) is 0.500. The first-order chi connectivity index (χ1) is 16.1. The van der Waals surface area contributed by atoms with Crippen molar-refractivity contribution in [3.05, 3.63) is 30.0 Å². The minimum Gasteiger partial charge on any atom is -0.399 e. The predicted molar refractivity (Wildman–Crippen MR) is 128 cm³/mol. The van der Waals surface area contributed by atoms with Crippen molar-refractivity contribution in [3.63, 3.8) is 0 Å². The Bertz CT molecular complexity index is 1160. The summed E-state index contributed by atoms with van der Waals surface area (Å²) in [6.07, 6.45) is 5.29. The highest BCUT2D eigenvalue weighted by molar-refractivity contribution is 5.78. The molecule has 1 aliphatic carbocycles. The standard InChI is InChI=1S/C24H30N8O/c1-16-14-19(27-23(26-16)32-10-12-33-13-11-32)22-28-21(29-30-22)18-3-2-17(25)15-20(18)31-8-6-24(4-5-24)7-9-31/h2-3,14-15H,4-13,25H2,1H3,(H,28,29,30). The van der Waals surface area contributed by atoms with Crippen LogP contribution in [-0.4, -0.2) is 64.5 Å². The van der Waals surface area contributed by atoms with Gasteiger partial charge in [0, 0.05) is 48.8 Å². The summed E-state index contributed by atoms with van der Waals surface area (Å²) < 4.78 is 5.46. The lowest BCUT2D eigenvalue weighted by Gasteiger charge is -2.34. The molecular formula is C24H30N8O. The molecule has 9 heteroatoms. The smallest absolute Gasteiger partial charge is 0.226 e. The molecule has 1 saturated carbocycles. The molecule has 0 radical (unpaired) electrons. The molecule has 9 nitrogen and oxygen atoms in total. The molecule has 0 amide bonds. The molecule has 1 aromatic carbocycles. The second kappa shape index (κ2) is 7.98. The molecule has 0 atom stereocenters. The molecule has 4 heterocycles. The molecule has 3 N–H and O–H groups in total. The van der Waals surface area contributed by atoms with Gasteiger partial charge in [0.25, 0.3) is 0 Å². The summed E-state index contributed by atoms with van der Waals surface area (Å²) in [7, 11) is 0. The van der Waals surface area contributed by atoms with E-state index in [0.717, 1.165) is 54.5 Å². The summed E-state index contributed by atoms with van der Waals surface area (Å²) >= 11 is 0.